The first-order valence-electron chi connectivity index (χ1n) is 7.65. The van der Waals surface area contributed by atoms with E-state index in [4.69, 9.17) is 16.6 Å². The van der Waals surface area contributed by atoms with Gasteiger partial charge in [-0.15, -0.1) is 0 Å². The molecule has 0 aliphatic heterocycles. The van der Waals surface area contributed by atoms with E-state index in [0.717, 1.165) is 0 Å². The highest BCUT2D eigenvalue weighted by Crippen LogP contribution is 2.25. The Kier molecular flexibility index (Phi) is 5.23. The average Bonchev–Trinajstić information content (AvgIpc) is 3.14. The lowest BCUT2D eigenvalue weighted by atomic mass is 10.1. The van der Waals surface area contributed by atoms with Crippen molar-refractivity contribution in [2.45, 2.75) is 0 Å². The number of thiocarbonyl (C=S) groups is 1. The van der Waals surface area contributed by atoms with Gasteiger partial charge in [0.1, 0.15) is 11.6 Å². The van der Waals surface area contributed by atoms with E-state index in [-0.39, 0.29) is 28.0 Å². The minimum absolute atomic E-state index is 0.0470. The molecule has 2 N–H and O–H groups in total. The van der Waals surface area contributed by atoms with E-state index in [1.165, 1.54) is 48.5 Å². The summed E-state index contributed by atoms with van der Waals surface area (Å²) in [5.41, 5.74) is 0.486. The fraction of sp³-hybridized carbons (Fsp3) is 0. The number of halogens is 1. The van der Waals surface area contributed by atoms with Crippen molar-refractivity contribution in [3.05, 3.63) is 82.4 Å². The highest BCUT2D eigenvalue weighted by Gasteiger charge is 2.15. The molecule has 9 heteroatoms. The number of amides is 1. The predicted molar refractivity (Wildman–Crippen MR) is 101 cm³/mol. The number of rotatable bonds is 4. The molecule has 1 amide bonds. The summed E-state index contributed by atoms with van der Waals surface area (Å²) < 4.78 is 19.0. The van der Waals surface area contributed by atoms with Crippen LogP contribution in [0.5, 0.6) is 0 Å². The molecule has 136 valence electrons. The number of nitro groups is 1. The molecule has 0 atom stereocenters. The maximum absolute atomic E-state index is 13.6. The van der Waals surface area contributed by atoms with E-state index in [1.54, 1.807) is 12.1 Å². The number of carbonyl (C=O) groups is 1. The Hall–Kier alpha value is -3.59. The van der Waals surface area contributed by atoms with Crippen LogP contribution in [0.15, 0.2) is 65.1 Å². The molecule has 0 spiro atoms. The van der Waals surface area contributed by atoms with E-state index in [2.05, 4.69) is 10.6 Å². The number of furan rings is 1. The monoisotopic (exact) mass is 385 g/mol. The Morgan fingerprint density at radius 1 is 1.11 bits per heavy atom. The molecule has 3 aromatic rings. The van der Waals surface area contributed by atoms with E-state index in [0.29, 0.717) is 5.56 Å². The van der Waals surface area contributed by atoms with Crippen molar-refractivity contribution in [3.8, 4) is 11.3 Å². The number of anilines is 1. The lowest BCUT2D eigenvalue weighted by Gasteiger charge is -2.09. The van der Waals surface area contributed by atoms with Crippen molar-refractivity contribution < 1.29 is 18.5 Å². The minimum atomic E-state index is -0.638. The highest BCUT2D eigenvalue weighted by molar-refractivity contribution is 7.80. The van der Waals surface area contributed by atoms with E-state index in [9.17, 15) is 19.3 Å². The largest absolute Gasteiger partial charge is 0.451 e. The van der Waals surface area contributed by atoms with Crippen LogP contribution in [0.1, 0.15) is 10.6 Å². The maximum Gasteiger partial charge on any atom is 0.293 e. The normalized spacial score (nSPS) is 10.3. The molecular weight excluding hydrogens is 373 g/mol. The van der Waals surface area contributed by atoms with Gasteiger partial charge in [0.15, 0.2) is 10.9 Å². The SMILES string of the molecule is O=C(NC(=S)Nc1ccccc1F)c1ccc(-c2cccc([N+](=O)[O-])c2)o1. The van der Waals surface area contributed by atoms with Gasteiger partial charge >= 0.3 is 0 Å². The van der Waals surface area contributed by atoms with Gasteiger partial charge in [-0.25, -0.2) is 4.39 Å². The summed E-state index contributed by atoms with van der Waals surface area (Å²) in [6.07, 6.45) is 0. The molecule has 1 heterocycles. The third-order valence-electron chi connectivity index (χ3n) is 3.52. The van der Waals surface area contributed by atoms with Crippen molar-refractivity contribution in [2.24, 2.45) is 0 Å². The summed E-state index contributed by atoms with van der Waals surface area (Å²) in [7, 11) is 0. The van der Waals surface area contributed by atoms with Crippen LogP contribution in [0.25, 0.3) is 11.3 Å². The second-order valence-corrected chi connectivity index (χ2v) is 5.77. The van der Waals surface area contributed by atoms with E-state index in [1.807, 2.05) is 0 Å². The smallest absolute Gasteiger partial charge is 0.293 e. The van der Waals surface area contributed by atoms with Crippen molar-refractivity contribution in [2.75, 3.05) is 5.32 Å². The number of para-hydroxylation sites is 1. The molecule has 0 saturated carbocycles. The van der Waals surface area contributed by atoms with Gasteiger partial charge in [-0.2, -0.15) is 0 Å². The fourth-order valence-corrected chi connectivity index (χ4v) is 2.47. The first-order valence-corrected chi connectivity index (χ1v) is 8.06. The summed E-state index contributed by atoms with van der Waals surface area (Å²) in [4.78, 5) is 22.6. The van der Waals surface area contributed by atoms with Gasteiger partial charge in [-0.05, 0) is 36.5 Å². The lowest BCUT2D eigenvalue weighted by Crippen LogP contribution is -2.34. The summed E-state index contributed by atoms with van der Waals surface area (Å²) in [5.74, 6) is -0.911. The van der Waals surface area contributed by atoms with Crippen molar-refractivity contribution in [1.29, 1.82) is 0 Å². The third-order valence-corrected chi connectivity index (χ3v) is 3.72. The minimum Gasteiger partial charge on any atom is -0.451 e. The number of benzene rings is 2. The number of nitrogens with one attached hydrogen (secondary N) is 2. The number of hydrogen-bond donors (Lipinski definition) is 2. The summed E-state index contributed by atoms with van der Waals surface area (Å²) in [5, 5.41) is 15.7. The van der Waals surface area contributed by atoms with Gasteiger partial charge in [-0.1, -0.05) is 24.3 Å². The van der Waals surface area contributed by atoms with E-state index < -0.39 is 16.6 Å². The Balaban J connectivity index is 1.70. The number of nitro benzene ring substituents is 1. The fourth-order valence-electron chi connectivity index (χ4n) is 2.27. The summed E-state index contributed by atoms with van der Waals surface area (Å²) in [6.45, 7) is 0. The third kappa shape index (κ3) is 4.33. The van der Waals surface area contributed by atoms with Crippen LogP contribution in [0, 0.1) is 15.9 Å². The zero-order valence-corrected chi connectivity index (χ0v) is 14.5. The molecule has 3 rings (SSSR count). The van der Waals surface area contributed by atoms with Crippen LogP contribution < -0.4 is 10.6 Å². The number of non-ortho nitro benzene ring substituents is 1. The molecule has 2 aromatic carbocycles. The molecule has 0 saturated heterocycles. The molecule has 0 fully saturated rings. The Morgan fingerprint density at radius 2 is 1.89 bits per heavy atom. The van der Waals surface area contributed by atoms with Gasteiger partial charge in [0, 0.05) is 17.7 Å². The molecule has 0 unspecified atom stereocenters. The first kappa shape index (κ1) is 18.2. The van der Waals surface area contributed by atoms with E-state index >= 15 is 0 Å². The second kappa shape index (κ2) is 7.75. The van der Waals surface area contributed by atoms with Gasteiger partial charge in [0.25, 0.3) is 11.6 Å². The standard InChI is InChI=1S/C18H12FN3O4S/c19-13-6-1-2-7-14(13)20-18(27)21-17(23)16-9-8-15(26-16)11-4-3-5-12(10-11)22(24)25/h1-10H,(H2,20,21,23,27). The number of hydrogen-bond acceptors (Lipinski definition) is 5. The summed E-state index contributed by atoms with van der Waals surface area (Å²) in [6, 6.07) is 14.6. The second-order valence-electron chi connectivity index (χ2n) is 5.36. The zero-order valence-electron chi connectivity index (χ0n) is 13.6. The molecule has 0 radical (unpaired) electrons. The molecule has 27 heavy (non-hydrogen) atoms. The maximum atomic E-state index is 13.6. The molecule has 0 aliphatic rings. The Labute approximate surface area is 158 Å². The molecule has 0 aliphatic carbocycles. The average molecular weight is 385 g/mol. The Bertz CT molecular complexity index is 1030. The van der Waals surface area contributed by atoms with Crippen molar-refractivity contribution in [1.82, 2.24) is 5.32 Å². The lowest BCUT2D eigenvalue weighted by molar-refractivity contribution is -0.384. The number of nitrogens with zero attached hydrogens (tertiary/aromatic N) is 1. The van der Waals surface area contributed by atoms with Crippen LogP contribution in [-0.2, 0) is 0 Å². The van der Waals surface area contributed by atoms with Crippen molar-refractivity contribution >= 4 is 34.6 Å². The molecule has 7 nitrogen and oxygen atoms in total. The van der Waals surface area contributed by atoms with Crippen LogP contribution in [0.2, 0.25) is 0 Å². The molecule has 1 aromatic heterocycles. The van der Waals surface area contributed by atoms with Gasteiger partial charge in [-0.3, -0.25) is 20.2 Å². The van der Waals surface area contributed by atoms with Gasteiger partial charge in [0.05, 0.1) is 10.6 Å². The quantitative estimate of drug-likeness (QED) is 0.398. The van der Waals surface area contributed by atoms with Crippen LogP contribution in [0.3, 0.4) is 0 Å². The molecule has 0 bridgehead atoms. The van der Waals surface area contributed by atoms with Crippen LogP contribution in [-0.4, -0.2) is 15.9 Å². The highest BCUT2D eigenvalue weighted by atomic mass is 32.1. The topological polar surface area (TPSA) is 97.4 Å². The molecular formula is C18H12FN3O4S. The number of carbonyl (C=O) groups excluding carboxylic acids is 1. The zero-order chi connectivity index (χ0) is 19.4. The van der Waals surface area contributed by atoms with Gasteiger partial charge in [0.2, 0.25) is 0 Å². The van der Waals surface area contributed by atoms with Crippen LogP contribution >= 0.6 is 12.2 Å². The van der Waals surface area contributed by atoms with Gasteiger partial charge < -0.3 is 9.73 Å². The van der Waals surface area contributed by atoms with Crippen molar-refractivity contribution in [3.63, 3.8) is 0 Å². The predicted octanol–water partition coefficient (Wildman–Crippen LogP) is 4.12. The Morgan fingerprint density at radius 3 is 2.63 bits per heavy atom. The summed E-state index contributed by atoms with van der Waals surface area (Å²) >= 11 is 4.99. The first-order chi connectivity index (χ1) is 12.9. The van der Waals surface area contributed by atoms with Crippen LogP contribution in [0.4, 0.5) is 15.8 Å².